The molecule has 0 aliphatic carbocycles. The van der Waals surface area contributed by atoms with E-state index >= 15 is 0 Å². The lowest BCUT2D eigenvalue weighted by Crippen LogP contribution is -2.11. The van der Waals surface area contributed by atoms with Gasteiger partial charge in [-0.15, -0.1) is 0 Å². The predicted molar refractivity (Wildman–Crippen MR) is 76.4 cm³/mol. The Labute approximate surface area is 115 Å². The van der Waals surface area contributed by atoms with E-state index in [0.29, 0.717) is 17.4 Å². The van der Waals surface area contributed by atoms with Gasteiger partial charge in [0, 0.05) is 11.6 Å². The molecule has 0 aliphatic heterocycles. The number of rotatable bonds is 3. The first-order valence-electron chi connectivity index (χ1n) is 6.09. The lowest BCUT2D eigenvalue weighted by molar-refractivity contribution is 0.463. The maximum atomic E-state index is 5.88. The van der Waals surface area contributed by atoms with Crippen LogP contribution < -0.4 is 16.0 Å². The van der Waals surface area contributed by atoms with Crippen LogP contribution in [0.25, 0.3) is 10.9 Å². The number of hydrogen-bond acceptors (Lipinski definition) is 6. The lowest BCUT2D eigenvalue weighted by Gasteiger charge is -2.11. The number of hydrazine groups is 1. The Bertz CT molecular complexity index is 754. The number of aromatic nitrogens is 3. The van der Waals surface area contributed by atoms with E-state index in [9.17, 15) is 0 Å². The van der Waals surface area contributed by atoms with E-state index in [2.05, 4.69) is 20.4 Å². The van der Waals surface area contributed by atoms with E-state index < -0.39 is 0 Å². The van der Waals surface area contributed by atoms with Crippen molar-refractivity contribution in [2.75, 3.05) is 5.43 Å². The number of nitrogen functional groups attached to an aromatic ring is 1. The van der Waals surface area contributed by atoms with Crippen LogP contribution in [0.15, 0.2) is 42.9 Å². The number of benzene rings is 1. The van der Waals surface area contributed by atoms with Gasteiger partial charge in [0.15, 0.2) is 0 Å². The minimum Gasteiger partial charge on any atom is -0.438 e. The average molecular weight is 267 g/mol. The molecular weight excluding hydrogens is 254 g/mol. The molecule has 0 saturated carbocycles. The first-order chi connectivity index (χ1) is 9.79. The van der Waals surface area contributed by atoms with Gasteiger partial charge >= 0.3 is 0 Å². The second kappa shape index (κ2) is 5.10. The summed E-state index contributed by atoms with van der Waals surface area (Å²) in [7, 11) is 0. The third-order valence-corrected chi connectivity index (χ3v) is 2.99. The van der Waals surface area contributed by atoms with Crippen LogP contribution in [0.3, 0.4) is 0 Å². The van der Waals surface area contributed by atoms with Gasteiger partial charge in [0.1, 0.15) is 17.9 Å². The molecule has 0 spiro atoms. The molecule has 0 aliphatic rings. The van der Waals surface area contributed by atoms with Crippen LogP contribution in [0.5, 0.6) is 11.6 Å². The highest BCUT2D eigenvalue weighted by atomic mass is 16.5. The highest BCUT2D eigenvalue weighted by Crippen LogP contribution is 2.30. The van der Waals surface area contributed by atoms with Crippen molar-refractivity contribution in [3.8, 4) is 11.6 Å². The van der Waals surface area contributed by atoms with E-state index in [4.69, 9.17) is 10.6 Å². The van der Waals surface area contributed by atoms with E-state index in [1.54, 1.807) is 6.20 Å². The molecule has 3 rings (SSSR count). The normalized spacial score (nSPS) is 10.5. The Kier molecular flexibility index (Phi) is 3.14. The Balaban J connectivity index is 2.06. The molecular formula is C14H13N5O. The molecule has 1 aromatic carbocycles. The number of nitrogens with zero attached hydrogens (tertiary/aromatic N) is 3. The molecule has 2 heterocycles. The maximum Gasteiger partial charge on any atom is 0.227 e. The van der Waals surface area contributed by atoms with Gasteiger partial charge in [0.05, 0.1) is 11.1 Å². The quantitative estimate of drug-likeness (QED) is 0.560. The van der Waals surface area contributed by atoms with Crippen LogP contribution in [0.4, 0.5) is 5.82 Å². The predicted octanol–water partition coefficient (Wildman–Crippen LogP) is 2.41. The van der Waals surface area contributed by atoms with Crippen LogP contribution >= 0.6 is 0 Å². The topological polar surface area (TPSA) is 86.0 Å². The molecule has 3 aromatic rings. The number of anilines is 1. The van der Waals surface area contributed by atoms with Gasteiger partial charge in [-0.25, -0.2) is 15.8 Å². The van der Waals surface area contributed by atoms with Crippen molar-refractivity contribution in [2.24, 2.45) is 5.84 Å². The van der Waals surface area contributed by atoms with Crippen molar-refractivity contribution in [3.05, 3.63) is 48.4 Å². The highest BCUT2D eigenvalue weighted by molar-refractivity contribution is 5.85. The highest BCUT2D eigenvalue weighted by Gasteiger charge is 2.10. The van der Waals surface area contributed by atoms with Crippen molar-refractivity contribution in [1.82, 2.24) is 15.0 Å². The van der Waals surface area contributed by atoms with Crippen molar-refractivity contribution in [3.63, 3.8) is 0 Å². The largest absolute Gasteiger partial charge is 0.438 e. The molecule has 100 valence electrons. The second-order valence-corrected chi connectivity index (χ2v) is 4.23. The van der Waals surface area contributed by atoms with E-state index in [0.717, 1.165) is 16.5 Å². The summed E-state index contributed by atoms with van der Waals surface area (Å²) in [5.41, 5.74) is 4.13. The summed E-state index contributed by atoms with van der Waals surface area (Å²) in [4.78, 5) is 12.5. The van der Waals surface area contributed by atoms with Crippen LogP contribution in [0.1, 0.15) is 5.56 Å². The Hall–Kier alpha value is -2.73. The van der Waals surface area contributed by atoms with Crippen molar-refractivity contribution in [2.45, 2.75) is 6.92 Å². The van der Waals surface area contributed by atoms with E-state index in [1.807, 2.05) is 37.3 Å². The fraction of sp³-hybridized carbons (Fsp3) is 0.0714. The number of fused-ring (bicyclic) bond motifs is 1. The number of hydrogen-bond donors (Lipinski definition) is 2. The summed E-state index contributed by atoms with van der Waals surface area (Å²) in [6.07, 6.45) is 3.15. The average Bonchev–Trinajstić information content (AvgIpc) is 2.50. The molecule has 6 nitrogen and oxygen atoms in total. The lowest BCUT2D eigenvalue weighted by atomic mass is 10.2. The number of nitrogens with two attached hydrogens (primary N) is 1. The number of nitrogens with one attached hydrogen (secondary N) is 1. The van der Waals surface area contributed by atoms with Gasteiger partial charge in [-0.1, -0.05) is 6.07 Å². The Morgan fingerprint density at radius 2 is 2.00 bits per heavy atom. The van der Waals surface area contributed by atoms with Gasteiger partial charge in [-0.3, -0.25) is 4.98 Å². The molecule has 0 amide bonds. The van der Waals surface area contributed by atoms with Crippen LogP contribution in [-0.4, -0.2) is 15.0 Å². The van der Waals surface area contributed by atoms with E-state index in [-0.39, 0.29) is 0 Å². The molecule has 20 heavy (non-hydrogen) atoms. The van der Waals surface area contributed by atoms with Gasteiger partial charge in [0.25, 0.3) is 0 Å². The molecule has 6 heteroatoms. The first-order valence-corrected chi connectivity index (χ1v) is 6.09. The van der Waals surface area contributed by atoms with Crippen LogP contribution in [-0.2, 0) is 0 Å². The zero-order chi connectivity index (χ0) is 13.9. The molecule has 0 radical (unpaired) electrons. The maximum absolute atomic E-state index is 5.88. The Morgan fingerprint density at radius 1 is 1.10 bits per heavy atom. The third kappa shape index (κ3) is 2.12. The van der Waals surface area contributed by atoms with Gasteiger partial charge in [-0.05, 0) is 31.2 Å². The summed E-state index contributed by atoms with van der Waals surface area (Å²) in [6, 6.07) is 9.53. The summed E-state index contributed by atoms with van der Waals surface area (Å²) >= 11 is 0. The smallest absolute Gasteiger partial charge is 0.227 e. The standard InChI is InChI=1S/C14H13N5O/c1-9-13(19-15)17-8-18-14(9)20-12-6-2-5-11-10(12)4-3-7-16-11/h2-8H,15H2,1H3,(H,17,18,19). The molecule has 2 aromatic heterocycles. The molecule has 0 fully saturated rings. The molecule has 0 saturated heterocycles. The van der Waals surface area contributed by atoms with Gasteiger partial charge < -0.3 is 10.2 Å². The third-order valence-electron chi connectivity index (χ3n) is 2.99. The first kappa shape index (κ1) is 12.3. The number of pyridine rings is 1. The molecule has 0 bridgehead atoms. The minimum absolute atomic E-state index is 0.462. The molecule has 0 atom stereocenters. The fourth-order valence-corrected chi connectivity index (χ4v) is 1.95. The second-order valence-electron chi connectivity index (χ2n) is 4.23. The van der Waals surface area contributed by atoms with Gasteiger partial charge in [-0.2, -0.15) is 0 Å². The van der Waals surface area contributed by atoms with Crippen LogP contribution in [0.2, 0.25) is 0 Å². The van der Waals surface area contributed by atoms with Crippen molar-refractivity contribution >= 4 is 16.7 Å². The molecule has 3 N–H and O–H groups in total. The number of ether oxygens (including phenoxy) is 1. The van der Waals surface area contributed by atoms with Crippen molar-refractivity contribution < 1.29 is 4.74 Å². The van der Waals surface area contributed by atoms with Crippen molar-refractivity contribution in [1.29, 1.82) is 0 Å². The monoisotopic (exact) mass is 267 g/mol. The van der Waals surface area contributed by atoms with E-state index in [1.165, 1.54) is 6.33 Å². The summed E-state index contributed by atoms with van der Waals surface area (Å²) in [5.74, 6) is 7.09. The minimum atomic E-state index is 0.462. The zero-order valence-corrected chi connectivity index (χ0v) is 10.9. The zero-order valence-electron chi connectivity index (χ0n) is 10.9. The van der Waals surface area contributed by atoms with Crippen LogP contribution in [0, 0.1) is 6.92 Å². The summed E-state index contributed by atoms with van der Waals surface area (Å²) in [6.45, 7) is 1.84. The summed E-state index contributed by atoms with van der Waals surface area (Å²) in [5, 5.41) is 0.926. The molecule has 0 unspecified atom stereocenters. The Morgan fingerprint density at radius 3 is 2.85 bits per heavy atom. The fourth-order valence-electron chi connectivity index (χ4n) is 1.95. The SMILES string of the molecule is Cc1c(NN)ncnc1Oc1cccc2ncccc12. The van der Waals surface area contributed by atoms with Gasteiger partial charge in [0.2, 0.25) is 5.88 Å². The summed E-state index contributed by atoms with van der Waals surface area (Å²) < 4.78 is 5.88.